The summed E-state index contributed by atoms with van der Waals surface area (Å²) in [7, 11) is 2.14. The quantitative estimate of drug-likeness (QED) is 0.711. The predicted molar refractivity (Wildman–Crippen MR) is 82.1 cm³/mol. The van der Waals surface area contributed by atoms with E-state index >= 15 is 0 Å². The first kappa shape index (κ1) is 14.8. The van der Waals surface area contributed by atoms with Crippen molar-refractivity contribution in [2.24, 2.45) is 0 Å². The van der Waals surface area contributed by atoms with E-state index in [2.05, 4.69) is 31.9 Å². The van der Waals surface area contributed by atoms with Crippen LogP contribution in [0.15, 0.2) is 42.7 Å². The highest BCUT2D eigenvalue weighted by Crippen LogP contribution is 2.20. The molecule has 2 rings (SSSR count). The number of aryl methyl sites for hydroxylation is 2. The van der Waals surface area contributed by atoms with Gasteiger partial charge in [-0.1, -0.05) is 42.8 Å². The Morgan fingerprint density at radius 2 is 1.67 bits per heavy atom. The van der Waals surface area contributed by atoms with E-state index in [9.17, 15) is 0 Å². The Morgan fingerprint density at radius 3 is 2.00 bits per heavy atom. The molecule has 0 bridgehead atoms. The van der Waals surface area contributed by atoms with Gasteiger partial charge in [-0.3, -0.25) is 4.98 Å². The van der Waals surface area contributed by atoms with Crippen LogP contribution >= 0.6 is 11.6 Å². The molecule has 1 atom stereocenters. The van der Waals surface area contributed by atoms with Gasteiger partial charge in [0, 0.05) is 17.4 Å². The van der Waals surface area contributed by atoms with Crippen LogP contribution in [0.25, 0.3) is 0 Å². The third-order valence-electron chi connectivity index (χ3n) is 2.54. The lowest BCUT2D eigenvalue weighted by Gasteiger charge is -2.05. The summed E-state index contributed by atoms with van der Waals surface area (Å²) in [6, 6.07) is 10.1. The Labute approximate surface area is 116 Å². The number of aromatic nitrogens is 1. The lowest BCUT2D eigenvalue weighted by molar-refractivity contribution is 1.08. The number of halogens is 1. The van der Waals surface area contributed by atoms with Crippen molar-refractivity contribution < 1.29 is 0 Å². The van der Waals surface area contributed by atoms with Crippen molar-refractivity contribution >= 4 is 19.4 Å². The van der Waals surface area contributed by atoms with Gasteiger partial charge >= 0.3 is 0 Å². The Hall–Kier alpha value is -1.28. The molecule has 18 heavy (non-hydrogen) atoms. The SMILES string of the molecule is BC(C)c1ccccc1Cl.Cc1cncc(C)c1. The highest BCUT2D eigenvalue weighted by molar-refractivity contribution is 6.32. The Kier molecular flexibility index (Phi) is 5.93. The van der Waals surface area contributed by atoms with E-state index < -0.39 is 0 Å². The highest BCUT2D eigenvalue weighted by atomic mass is 35.5. The first-order chi connectivity index (χ1) is 8.50. The molecule has 0 N–H and O–H groups in total. The minimum absolute atomic E-state index is 0.522. The number of benzene rings is 1. The number of rotatable bonds is 1. The zero-order chi connectivity index (χ0) is 13.5. The van der Waals surface area contributed by atoms with Crippen molar-refractivity contribution in [1.29, 1.82) is 0 Å². The fourth-order valence-electron chi connectivity index (χ4n) is 1.65. The van der Waals surface area contributed by atoms with Crippen molar-refractivity contribution in [2.75, 3.05) is 0 Å². The molecule has 0 fully saturated rings. The van der Waals surface area contributed by atoms with Crippen LogP contribution in [-0.4, -0.2) is 12.8 Å². The topological polar surface area (TPSA) is 12.9 Å². The normalized spacial score (nSPS) is 11.3. The van der Waals surface area contributed by atoms with Gasteiger partial charge in [0.1, 0.15) is 7.85 Å². The van der Waals surface area contributed by atoms with Crippen LogP contribution in [0.1, 0.15) is 29.4 Å². The van der Waals surface area contributed by atoms with Crippen LogP contribution in [0.3, 0.4) is 0 Å². The van der Waals surface area contributed by atoms with E-state index in [0.29, 0.717) is 5.82 Å². The number of pyridine rings is 1. The molecule has 2 aromatic rings. The molecule has 1 heterocycles. The second-order valence-electron chi connectivity index (χ2n) is 4.72. The zero-order valence-electron chi connectivity index (χ0n) is 11.4. The second kappa shape index (κ2) is 7.22. The van der Waals surface area contributed by atoms with Gasteiger partial charge in [0.25, 0.3) is 0 Å². The van der Waals surface area contributed by atoms with Crippen LogP contribution < -0.4 is 0 Å². The highest BCUT2D eigenvalue weighted by Gasteiger charge is 2.01. The van der Waals surface area contributed by atoms with E-state index in [4.69, 9.17) is 11.6 Å². The molecule has 3 heteroatoms. The minimum Gasteiger partial charge on any atom is -0.264 e. The third kappa shape index (κ3) is 4.93. The van der Waals surface area contributed by atoms with E-state index in [-0.39, 0.29) is 0 Å². The fraction of sp³-hybridized carbons (Fsp3) is 0.267. The molecule has 1 aromatic heterocycles. The number of hydrogen-bond donors (Lipinski definition) is 0. The predicted octanol–water partition coefficient (Wildman–Crippen LogP) is 3.73. The smallest absolute Gasteiger partial charge is 0.110 e. The summed E-state index contributed by atoms with van der Waals surface area (Å²) < 4.78 is 0. The minimum atomic E-state index is 0.522. The Bertz CT molecular complexity index is 480. The molecular formula is C15H19BClN. The van der Waals surface area contributed by atoms with E-state index in [0.717, 1.165) is 5.02 Å². The summed E-state index contributed by atoms with van der Waals surface area (Å²) in [5.74, 6) is 0.522. The van der Waals surface area contributed by atoms with Crippen LogP contribution in [-0.2, 0) is 0 Å². The van der Waals surface area contributed by atoms with Crippen molar-refractivity contribution in [3.05, 3.63) is 64.4 Å². The van der Waals surface area contributed by atoms with Crippen molar-refractivity contribution in [3.63, 3.8) is 0 Å². The van der Waals surface area contributed by atoms with Crippen molar-refractivity contribution in [2.45, 2.75) is 26.6 Å². The molecule has 0 spiro atoms. The monoisotopic (exact) mass is 259 g/mol. The average Bonchev–Trinajstić information content (AvgIpc) is 2.29. The van der Waals surface area contributed by atoms with Crippen LogP contribution in [0.5, 0.6) is 0 Å². The van der Waals surface area contributed by atoms with E-state index in [1.807, 2.05) is 44.4 Å². The van der Waals surface area contributed by atoms with Gasteiger partial charge in [0.15, 0.2) is 0 Å². The first-order valence-corrected chi connectivity index (χ1v) is 6.51. The zero-order valence-corrected chi connectivity index (χ0v) is 12.2. The van der Waals surface area contributed by atoms with Crippen LogP contribution in [0.4, 0.5) is 0 Å². The van der Waals surface area contributed by atoms with Gasteiger partial charge in [-0.15, -0.1) is 0 Å². The molecule has 0 saturated heterocycles. The molecule has 1 nitrogen and oxygen atoms in total. The van der Waals surface area contributed by atoms with Gasteiger partial charge in [-0.05, 0) is 42.4 Å². The summed E-state index contributed by atoms with van der Waals surface area (Å²) >= 11 is 5.92. The van der Waals surface area contributed by atoms with Gasteiger partial charge in [0.05, 0.1) is 0 Å². The molecule has 0 aliphatic rings. The maximum absolute atomic E-state index is 5.92. The van der Waals surface area contributed by atoms with Crippen molar-refractivity contribution in [3.8, 4) is 0 Å². The molecule has 1 unspecified atom stereocenters. The van der Waals surface area contributed by atoms with Gasteiger partial charge in [0.2, 0.25) is 0 Å². The first-order valence-electron chi connectivity index (χ1n) is 6.13. The number of hydrogen-bond acceptors (Lipinski definition) is 1. The Balaban J connectivity index is 0.000000184. The molecule has 1 aromatic carbocycles. The van der Waals surface area contributed by atoms with Gasteiger partial charge < -0.3 is 0 Å². The fourth-order valence-corrected chi connectivity index (χ4v) is 2.00. The molecule has 0 amide bonds. The van der Waals surface area contributed by atoms with Crippen LogP contribution in [0, 0.1) is 13.8 Å². The maximum atomic E-state index is 5.92. The van der Waals surface area contributed by atoms with Gasteiger partial charge in [-0.2, -0.15) is 0 Å². The van der Waals surface area contributed by atoms with Crippen LogP contribution in [0.2, 0.25) is 5.02 Å². The number of nitrogens with zero attached hydrogens (tertiary/aromatic N) is 1. The molecule has 0 saturated carbocycles. The molecule has 94 valence electrons. The lowest BCUT2D eigenvalue weighted by atomic mass is 9.83. The standard InChI is InChI=1S/C8H10BCl.C7H9N/c1-6(9)7-4-2-3-5-8(7)10;1-6-3-7(2)5-8-4-6/h2-6H,9H2,1H3;3-5H,1-2H3. The lowest BCUT2D eigenvalue weighted by Crippen LogP contribution is -1.91. The molecule has 0 aliphatic carbocycles. The maximum Gasteiger partial charge on any atom is 0.110 e. The second-order valence-corrected chi connectivity index (χ2v) is 5.12. The Morgan fingerprint density at radius 1 is 1.11 bits per heavy atom. The van der Waals surface area contributed by atoms with E-state index in [1.54, 1.807) is 0 Å². The van der Waals surface area contributed by atoms with Crippen molar-refractivity contribution in [1.82, 2.24) is 4.98 Å². The summed E-state index contributed by atoms with van der Waals surface area (Å²) in [6.45, 7) is 6.22. The summed E-state index contributed by atoms with van der Waals surface area (Å²) in [6.07, 6.45) is 3.71. The third-order valence-corrected chi connectivity index (χ3v) is 2.88. The summed E-state index contributed by atoms with van der Waals surface area (Å²) in [5, 5.41) is 0.873. The van der Waals surface area contributed by atoms with E-state index in [1.165, 1.54) is 16.7 Å². The molecule has 0 aliphatic heterocycles. The summed E-state index contributed by atoms with van der Waals surface area (Å²) in [5.41, 5.74) is 3.68. The largest absolute Gasteiger partial charge is 0.264 e. The summed E-state index contributed by atoms with van der Waals surface area (Å²) in [4.78, 5) is 3.98. The van der Waals surface area contributed by atoms with Gasteiger partial charge in [-0.25, -0.2) is 0 Å². The average molecular weight is 260 g/mol. The molecular weight excluding hydrogens is 240 g/mol. The molecule has 0 radical (unpaired) electrons.